The molecule has 168 valence electrons. The Morgan fingerprint density at radius 2 is 1.47 bits per heavy atom. The third kappa shape index (κ3) is 4.63. The van der Waals surface area contributed by atoms with Crippen LogP contribution in [-0.4, -0.2) is 26.6 Å². The fourth-order valence-electron chi connectivity index (χ4n) is 3.86. The molecule has 1 aliphatic rings. The lowest BCUT2D eigenvalue weighted by molar-refractivity contribution is -0.123. The molecule has 0 radical (unpaired) electrons. The summed E-state index contributed by atoms with van der Waals surface area (Å²) in [6, 6.07) is 26.4. The second-order valence-electron chi connectivity index (χ2n) is 7.99. The fraction of sp³-hybridized carbons (Fsp3) is 0.0741. The highest BCUT2D eigenvalue weighted by molar-refractivity contribution is 6.30. The van der Waals surface area contributed by atoms with Crippen LogP contribution in [0.1, 0.15) is 16.7 Å². The maximum atomic E-state index is 13.1. The molecule has 0 unspecified atom stereocenters. The molecule has 0 spiro atoms. The zero-order valence-corrected chi connectivity index (χ0v) is 18.9. The van der Waals surface area contributed by atoms with Gasteiger partial charge in [0.25, 0.3) is 5.91 Å². The highest BCUT2D eigenvalue weighted by atomic mass is 35.5. The molecular formula is C27H21ClN4O2. The van der Waals surface area contributed by atoms with Gasteiger partial charge in [0, 0.05) is 22.3 Å². The van der Waals surface area contributed by atoms with Crippen LogP contribution >= 0.6 is 11.6 Å². The predicted octanol–water partition coefficient (Wildman–Crippen LogP) is 5.34. The van der Waals surface area contributed by atoms with E-state index in [4.69, 9.17) is 16.7 Å². The number of nitrogens with one attached hydrogen (secondary N) is 1. The molecule has 3 amide bonds. The van der Waals surface area contributed by atoms with Gasteiger partial charge >= 0.3 is 6.03 Å². The highest BCUT2D eigenvalue weighted by Crippen LogP contribution is 2.26. The van der Waals surface area contributed by atoms with Gasteiger partial charge in [0.2, 0.25) is 0 Å². The quantitative estimate of drug-likeness (QED) is 0.306. The lowest BCUT2D eigenvalue weighted by Gasteiger charge is -2.11. The van der Waals surface area contributed by atoms with Crippen LogP contribution in [0.2, 0.25) is 5.02 Å². The molecule has 3 aromatic carbocycles. The van der Waals surface area contributed by atoms with E-state index in [0.29, 0.717) is 11.6 Å². The minimum atomic E-state index is -0.455. The molecule has 1 fully saturated rings. The van der Waals surface area contributed by atoms with E-state index in [1.54, 1.807) is 30.3 Å². The van der Waals surface area contributed by atoms with Crippen LogP contribution in [0.15, 0.2) is 96.8 Å². The normalized spacial score (nSPS) is 14.6. The van der Waals surface area contributed by atoms with E-state index < -0.39 is 6.03 Å². The summed E-state index contributed by atoms with van der Waals surface area (Å²) in [6.45, 7) is 0.755. The molecule has 1 aromatic heterocycles. The van der Waals surface area contributed by atoms with Crippen LogP contribution in [0.25, 0.3) is 17.3 Å². The number of hydrogen-bond acceptors (Lipinski definition) is 3. The van der Waals surface area contributed by atoms with Crippen molar-refractivity contribution in [2.45, 2.75) is 13.1 Å². The van der Waals surface area contributed by atoms with Crippen LogP contribution in [0.3, 0.4) is 0 Å². The Hall–Kier alpha value is -4.16. The van der Waals surface area contributed by atoms with Crippen molar-refractivity contribution in [3.63, 3.8) is 0 Å². The molecule has 0 bridgehead atoms. The van der Waals surface area contributed by atoms with Crippen molar-refractivity contribution >= 4 is 29.6 Å². The number of hydrogen-bond donors (Lipinski definition) is 1. The summed E-state index contributed by atoms with van der Waals surface area (Å²) >= 11 is 5.94. The summed E-state index contributed by atoms with van der Waals surface area (Å²) in [5, 5.41) is 8.09. The number of urea groups is 1. The zero-order valence-electron chi connectivity index (χ0n) is 18.2. The average Bonchev–Trinajstić information content (AvgIpc) is 3.37. The van der Waals surface area contributed by atoms with E-state index in [2.05, 4.69) is 5.32 Å². The van der Waals surface area contributed by atoms with Gasteiger partial charge in [-0.2, -0.15) is 5.10 Å². The van der Waals surface area contributed by atoms with E-state index in [1.807, 2.05) is 71.5 Å². The topological polar surface area (TPSA) is 67.2 Å². The number of amides is 3. The van der Waals surface area contributed by atoms with Gasteiger partial charge < -0.3 is 5.32 Å². The van der Waals surface area contributed by atoms with Gasteiger partial charge in [0.15, 0.2) is 0 Å². The molecule has 2 heterocycles. The van der Waals surface area contributed by atoms with Crippen molar-refractivity contribution in [1.82, 2.24) is 20.0 Å². The molecule has 0 atom stereocenters. The summed E-state index contributed by atoms with van der Waals surface area (Å²) in [7, 11) is 0. The summed E-state index contributed by atoms with van der Waals surface area (Å²) in [4.78, 5) is 26.8. The number of rotatable bonds is 6. The molecule has 34 heavy (non-hydrogen) atoms. The van der Waals surface area contributed by atoms with Gasteiger partial charge in [-0.3, -0.25) is 14.4 Å². The number of nitrogens with zero attached hydrogens (tertiary/aromatic N) is 3. The number of benzene rings is 3. The summed E-state index contributed by atoms with van der Waals surface area (Å²) in [6.07, 6.45) is 3.59. The predicted molar refractivity (Wildman–Crippen MR) is 132 cm³/mol. The largest absolute Gasteiger partial charge is 0.329 e. The maximum absolute atomic E-state index is 13.1. The first-order valence-electron chi connectivity index (χ1n) is 10.8. The molecule has 1 saturated heterocycles. The molecule has 1 aliphatic heterocycles. The monoisotopic (exact) mass is 468 g/mol. The Balaban J connectivity index is 1.46. The third-order valence-corrected chi connectivity index (χ3v) is 5.79. The molecular weight excluding hydrogens is 448 g/mol. The zero-order chi connectivity index (χ0) is 23.5. The first kappa shape index (κ1) is 21.7. The van der Waals surface area contributed by atoms with E-state index in [9.17, 15) is 9.59 Å². The van der Waals surface area contributed by atoms with E-state index in [1.165, 1.54) is 4.90 Å². The molecule has 0 aliphatic carbocycles. The van der Waals surface area contributed by atoms with Gasteiger partial charge in [-0.05, 0) is 29.3 Å². The van der Waals surface area contributed by atoms with Gasteiger partial charge in [0.05, 0.1) is 18.8 Å². The molecule has 6 nitrogen and oxygen atoms in total. The van der Waals surface area contributed by atoms with Crippen molar-refractivity contribution in [1.29, 1.82) is 0 Å². The Bertz CT molecular complexity index is 1360. The Kier molecular flexibility index (Phi) is 5.97. The second kappa shape index (κ2) is 9.37. The Morgan fingerprint density at radius 1 is 0.824 bits per heavy atom. The van der Waals surface area contributed by atoms with Crippen LogP contribution < -0.4 is 5.32 Å². The van der Waals surface area contributed by atoms with Crippen LogP contribution in [-0.2, 0) is 17.9 Å². The molecule has 7 heteroatoms. The fourth-order valence-corrected chi connectivity index (χ4v) is 3.98. The van der Waals surface area contributed by atoms with Crippen molar-refractivity contribution in [3.05, 3.63) is 119 Å². The summed E-state index contributed by atoms with van der Waals surface area (Å²) in [5.74, 6) is -0.380. The molecule has 1 N–H and O–H groups in total. The highest BCUT2D eigenvalue weighted by Gasteiger charge is 2.33. The molecule has 4 aromatic rings. The minimum Gasteiger partial charge on any atom is -0.303 e. The van der Waals surface area contributed by atoms with Gasteiger partial charge in [-0.25, -0.2) is 4.79 Å². The van der Waals surface area contributed by atoms with E-state index >= 15 is 0 Å². The van der Waals surface area contributed by atoms with Gasteiger partial charge in [-0.1, -0.05) is 84.4 Å². The Morgan fingerprint density at radius 3 is 2.18 bits per heavy atom. The van der Waals surface area contributed by atoms with E-state index in [-0.39, 0.29) is 18.1 Å². The molecule has 0 saturated carbocycles. The first-order chi connectivity index (χ1) is 16.6. The van der Waals surface area contributed by atoms with Crippen LogP contribution in [0, 0.1) is 0 Å². The van der Waals surface area contributed by atoms with Gasteiger partial charge in [0.1, 0.15) is 5.70 Å². The number of imide groups is 1. The smallest absolute Gasteiger partial charge is 0.303 e. The first-order valence-corrected chi connectivity index (χ1v) is 11.2. The molecule has 5 rings (SSSR count). The van der Waals surface area contributed by atoms with Crippen molar-refractivity contribution < 1.29 is 9.59 Å². The maximum Gasteiger partial charge on any atom is 0.329 e. The SMILES string of the molecule is O=C1N/C(=C/c2cn(Cc3ccccc3)nc2-c2ccccc2)C(=O)N1Cc1ccc(Cl)cc1. The number of aromatic nitrogens is 2. The summed E-state index contributed by atoms with van der Waals surface area (Å²) in [5.41, 5.74) is 4.56. The second-order valence-corrected chi connectivity index (χ2v) is 8.42. The number of halogens is 1. The average molecular weight is 469 g/mol. The summed E-state index contributed by atoms with van der Waals surface area (Å²) < 4.78 is 1.84. The Labute approximate surface area is 202 Å². The van der Waals surface area contributed by atoms with E-state index in [0.717, 1.165) is 27.9 Å². The minimum absolute atomic E-state index is 0.165. The van der Waals surface area contributed by atoms with Crippen molar-refractivity contribution in [3.8, 4) is 11.3 Å². The van der Waals surface area contributed by atoms with Crippen molar-refractivity contribution in [2.24, 2.45) is 0 Å². The van der Waals surface area contributed by atoms with Crippen molar-refractivity contribution in [2.75, 3.05) is 0 Å². The van der Waals surface area contributed by atoms with Crippen LogP contribution in [0.5, 0.6) is 0 Å². The van der Waals surface area contributed by atoms with Crippen LogP contribution in [0.4, 0.5) is 4.79 Å². The standard InChI is InChI=1S/C27H21ClN4O2/c28-23-13-11-20(12-14-23)17-32-26(33)24(29-27(32)34)15-22-18-31(16-19-7-3-1-4-8-19)30-25(22)21-9-5-2-6-10-21/h1-15,18H,16-17H2,(H,29,34)/b24-15+. The number of carbonyl (C=O) groups is 2. The lowest BCUT2D eigenvalue weighted by Crippen LogP contribution is -2.30. The lowest BCUT2D eigenvalue weighted by atomic mass is 10.1. The van der Waals surface area contributed by atoms with Gasteiger partial charge in [-0.15, -0.1) is 0 Å². The third-order valence-electron chi connectivity index (χ3n) is 5.54. The number of carbonyl (C=O) groups excluding carboxylic acids is 2.